The summed E-state index contributed by atoms with van der Waals surface area (Å²) in [4.78, 5) is 15.6. The molecule has 166 valence electrons. The number of hydrogen-bond donors (Lipinski definition) is 0. The summed E-state index contributed by atoms with van der Waals surface area (Å²) in [5, 5.41) is 4.50. The Labute approximate surface area is 182 Å². The van der Waals surface area contributed by atoms with Crippen LogP contribution in [0.25, 0.3) is 0 Å². The van der Waals surface area contributed by atoms with Crippen LogP contribution in [0.1, 0.15) is 126 Å². The number of hydrogen-bond acceptors (Lipinski definition) is 3. The van der Waals surface area contributed by atoms with E-state index in [4.69, 9.17) is 4.52 Å². The van der Waals surface area contributed by atoms with Crippen molar-refractivity contribution in [2.45, 2.75) is 115 Å². The summed E-state index contributed by atoms with van der Waals surface area (Å²) in [6, 6.07) is 2.32. The lowest BCUT2D eigenvalue weighted by Crippen LogP contribution is -2.36. The van der Waals surface area contributed by atoms with Crippen molar-refractivity contribution in [3.05, 3.63) is 29.7 Å². The molecular weight excluding hydrogens is 372 g/mol. The van der Waals surface area contributed by atoms with Crippen LogP contribution in [-0.2, 0) is 4.79 Å². The highest BCUT2D eigenvalue weighted by molar-refractivity contribution is 5.79. The lowest BCUT2D eigenvalue weighted by Gasteiger charge is -2.27. The summed E-state index contributed by atoms with van der Waals surface area (Å²) in [6.45, 7) is 0.876. The Kier molecular flexibility index (Phi) is 8.05. The monoisotopic (exact) mass is 412 g/mol. The van der Waals surface area contributed by atoms with Crippen LogP contribution in [0, 0.1) is 5.92 Å². The van der Waals surface area contributed by atoms with Gasteiger partial charge in [0.2, 0.25) is 5.91 Å². The first-order chi connectivity index (χ1) is 14.8. The van der Waals surface area contributed by atoms with Crippen LogP contribution in [0.3, 0.4) is 0 Å². The number of allylic oxidation sites excluding steroid dienone is 2. The van der Waals surface area contributed by atoms with Gasteiger partial charge in [-0.2, -0.15) is 0 Å². The summed E-state index contributed by atoms with van der Waals surface area (Å²) in [6.07, 6.45) is 23.7. The molecule has 2 aliphatic carbocycles. The zero-order chi connectivity index (χ0) is 20.6. The quantitative estimate of drug-likeness (QED) is 0.498. The van der Waals surface area contributed by atoms with Gasteiger partial charge >= 0.3 is 0 Å². The van der Waals surface area contributed by atoms with Gasteiger partial charge in [0.05, 0.1) is 6.04 Å². The Bertz CT molecular complexity index is 685. The van der Waals surface area contributed by atoms with Crippen LogP contribution in [0.5, 0.6) is 0 Å². The van der Waals surface area contributed by atoms with Crippen molar-refractivity contribution in [3.63, 3.8) is 0 Å². The van der Waals surface area contributed by atoms with Crippen molar-refractivity contribution >= 4 is 5.91 Å². The number of likely N-dealkylation sites (tertiary alicyclic amines) is 1. The predicted octanol–water partition coefficient (Wildman–Crippen LogP) is 7.08. The van der Waals surface area contributed by atoms with Crippen LogP contribution < -0.4 is 0 Å². The van der Waals surface area contributed by atoms with E-state index in [1.165, 1.54) is 57.8 Å². The molecule has 1 saturated carbocycles. The SMILES string of the molecule is O=C(C1CCC=CCCCC1)N1CCCC1c1cc(C2CCCCCCCC2)on1. The number of carbonyl (C=O) groups is 1. The number of nitrogens with zero attached hydrogens (tertiary/aromatic N) is 2. The fourth-order valence-electron chi connectivity index (χ4n) is 5.72. The lowest BCUT2D eigenvalue weighted by molar-refractivity contribution is -0.137. The first-order valence-corrected chi connectivity index (χ1v) is 12.7. The van der Waals surface area contributed by atoms with Crippen molar-refractivity contribution in [1.29, 1.82) is 0 Å². The standard InChI is InChI=1S/C26H40N2O2/c29-26(22-16-11-7-3-4-8-12-17-22)28-19-13-18-24(28)23-20-25(30-27-23)21-14-9-5-1-2-6-10-15-21/h3,7,20-22,24H,1-2,4-6,8-19H2. The Hall–Kier alpha value is -1.58. The predicted molar refractivity (Wildman–Crippen MR) is 120 cm³/mol. The van der Waals surface area contributed by atoms with Gasteiger partial charge in [0, 0.05) is 24.4 Å². The summed E-state index contributed by atoms with van der Waals surface area (Å²) >= 11 is 0. The zero-order valence-electron chi connectivity index (χ0n) is 18.7. The molecule has 4 nitrogen and oxygen atoms in total. The minimum absolute atomic E-state index is 0.120. The minimum atomic E-state index is 0.120. The molecular formula is C26H40N2O2. The Morgan fingerprint density at radius 2 is 1.57 bits per heavy atom. The average molecular weight is 413 g/mol. The van der Waals surface area contributed by atoms with E-state index in [1.807, 2.05) is 0 Å². The summed E-state index contributed by atoms with van der Waals surface area (Å²) < 4.78 is 5.88. The van der Waals surface area contributed by atoms with Gasteiger partial charge in [-0.25, -0.2) is 0 Å². The van der Waals surface area contributed by atoms with Crippen LogP contribution >= 0.6 is 0 Å². The molecule has 1 saturated heterocycles. The van der Waals surface area contributed by atoms with E-state index in [9.17, 15) is 4.79 Å². The Morgan fingerprint density at radius 1 is 0.833 bits per heavy atom. The molecule has 2 fully saturated rings. The summed E-state index contributed by atoms with van der Waals surface area (Å²) in [5.74, 6) is 2.11. The fourth-order valence-corrected chi connectivity index (χ4v) is 5.72. The number of amides is 1. The van der Waals surface area contributed by atoms with Gasteiger partial charge in [-0.15, -0.1) is 0 Å². The second-order valence-corrected chi connectivity index (χ2v) is 9.77. The van der Waals surface area contributed by atoms with Gasteiger partial charge in [0.15, 0.2) is 0 Å². The van der Waals surface area contributed by atoms with Crippen LogP contribution in [0.15, 0.2) is 22.7 Å². The summed E-state index contributed by atoms with van der Waals surface area (Å²) in [7, 11) is 0. The van der Waals surface area contributed by atoms with E-state index < -0.39 is 0 Å². The molecule has 0 spiro atoms. The van der Waals surface area contributed by atoms with Gasteiger partial charge in [-0.3, -0.25) is 4.79 Å². The van der Waals surface area contributed by atoms with Crippen molar-refractivity contribution < 1.29 is 9.32 Å². The van der Waals surface area contributed by atoms with Crippen LogP contribution in [-0.4, -0.2) is 22.5 Å². The molecule has 2 heterocycles. The third-order valence-corrected chi connectivity index (χ3v) is 7.55. The minimum Gasteiger partial charge on any atom is -0.361 e. The Morgan fingerprint density at radius 3 is 2.40 bits per heavy atom. The smallest absolute Gasteiger partial charge is 0.226 e. The van der Waals surface area contributed by atoms with E-state index in [1.54, 1.807) is 0 Å². The molecule has 0 N–H and O–H groups in total. The second-order valence-electron chi connectivity index (χ2n) is 9.77. The van der Waals surface area contributed by atoms with Crippen LogP contribution in [0.2, 0.25) is 0 Å². The Balaban J connectivity index is 1.42. The molecule has 1 aromatic rings. The fraction of sp³-hybridized carbons (Fsp3) is 0.769. The molecule has 3 aliphatic rings. The molecule has 30 heavy (non-hydrogen) atoms. The normalized spacial score (nSPS) is 27.5. The maximum absolute atomic E-state index is 13.4. The maximum Gasteiger partial charge on any atom is 0.226 e. The first kappa shape index (κ1) is 21.6. The molecule has 0 bridgehead atoms. The molecule has 0 aromatic carbocycles. The van der Waals surface area contributed by atoms with E-state index in [-0.39, 0.29) is 12.0 Å². The molecule has 4 rings (SSSR count). The highest BCUT2D eigenvalue weighted by Crippen LogP contribution is 2.37. The second kappa shape index (κ2) is 11.2. The highest BCUT2D eigenvalue weighted by atomic mass is 16.5. The maximum atomic E-state index is 13.4. The third kappa shape index (κ3) is 5.56. The average Bonchev–Trinajstić information content (AvgIpc) is 3.46. The highest BCUT2D eigenvalue weighted by Gasteiger charge is 2.35. The van der Waals surface area contributed by atoms with Crippen molar-refractivity contribution in [1.82, 2.24) is 10.1 Å². The topological polar surface area (TPSA) is 46.3 Å². The van der Waals surface area contributed by atoms with E-state index in [0.29, 0.717) is 11.8 Å². The van der Waals surface area contributed by atoms with E-state index >= 15 is 0 Å². The third-order valence-electron chi connectivity index (χ3n) is 7.55. The van der Waals surface area contributed by atoms with E-state index in [0.717, 1.165) is 62.9 Å². The molecule has 0 radical (unpaired) electrons. The van der Waals surface area contributed by atoms with Gasteiger partial charge in [-0.1, -0.05) is 62.3 Å². The molecule has 1 aliphatic heterocycles. The largest absolute Gasteiger partial charge is 0.361 e. The van der Waals surface area contributed by atoms with E-state index in [2.05, 4.69) is 28.3 Å². The molecule has 4 heteroatoms. The summed E-state index contributed by atoms with van der Waals surface area (Å²) in [5.41, 5.74) is 0.999. The molecule has 2 unspecified atom stereocenters. The van der Waals surface area contributed by atoms with Gasteiger partial charge in [-0.05, 0) is 57.8 Å². The number of rotatable bonds is 3. The van der Waals surface area contributed by atoms with Gasteiger partial charge < -0.3 is 9.42 Å². The van der Waals surface area contributed by atoms with Crippen molar-refractivity contribution in [2.75, 3.05) is 6.54 Å². The first-order valence-electron chi connectivity index (χ1n) is 12.7. The van der Waals surface area contributed by atoms with Crippen molar-refractivity contribution in [2.24, 2.45) is 5.92 Å². The lowest BCUT2D eigenvalue weighted by atomic mass is 9.93. The zero-order valence-corrected chi connectivity index (χ0v) is 18.7. The number of aromatic nitrogens is 1. The van der Waals surface area contributed by atoms with Crippen LogP contribution in [0.4, 0.5) is 0 Å². The van der Waals surface area contributed by atoms with Gasteiger partial charge in [0.25, 0.3) is 0 Å². The molecule has 1 amide bonds. The van der Waals surface area contributed by atoms with Gasteiger partial charge in [0.1, 0.15) is 11.5 Å². The number of carbonyl (C=O) groups excluding carboxylic acids is 1. The molecule has 2 atom stereocenters. The molecule has 1 aromatic heterocycles. The van der Waals surface area contributed by atoms with Crippen molar-refractivity contribution in [3.8, 4) is 0 Å².